The quantitative estimate of drug-likeness (QED) is 0.870. The van der Waals surface area contributed by atoms with Crippen LogP contribution in [0.4, 0.5) is 14.6 Å². The lowest BCUT2D eigenvalue weighted by atomic mass is 10.1. The Hall–Kier alpha value is -2.57. The van der Waals surface area contributed by atoms with Crippen molar-refractivity contribution >= 4 is 11.7 Å². The molecule has 7 heteroatoms. The van der Waals surface area contributed by atoms with Gasteiger partial charge in [-0.2, -0.15) is 0 Å². The number of benzene rings is 1. The zero-order valence-corrected chi connectivity index (χ0v) is 13.9. The van der Waals surface area contributed by atoms with E-state index in [1.54, 1.807) is 18.5 Å². The zero-order valence-electron chi connectivity index (χ0n) is 13.9. The lowest BCUT2D eigenvalue weighted by Gasteiger charge is -2.23. The van der Waals surface area contributed by atoms with E-state index in [1.165, 1.54) is 18.2 Å². The van der Waals surface area contributed by atoms with Crippen LogP contribution in [-0.4, -0.2) is 28.0 Å². The van der Waals surface area contributed by atoms with Gasteiger partial charge in [-0.3, -0.25) is 9.78 Å². The first-order chi connectivity index (χ1) is 12.0. The lowest BCUT2D eigenvalue weighted by Crippen LogP contribution is -2.43. The van der Waals surface area contributed by atoms with Crippen LogP contribution in [0.5, 0.6) is 0 Å². The van der Waals surface area contributed by atoms with Crippen molar-refractivity contribution in [1.82, 2.24) is 15.3 Å². The fraction of sp³-hybridized carbons (Fsp3) is 0.389. The summed E-state index contributed by atoms with van der Waals surface area (Å²) in [6, 6.07) is 5.67. The van der Waals surface area contributed by atoms with E-state index in [0.717, 1.165) is 25.0 Å². The number of carbonyl (C=O) groups is 1. The molecule has 1 fully saturated rings. The number of amides is 1. The molecule has 0 spiro atoms. The predicted octanol–water partition coefficient (Wildman–Crippen LogP) is 3.49. The van der Waals surface area contributed by atoms with Gasteiger partial charge in [0.15, 0.2) is 0 Å². The largest absolute Gasteiger partial charge is 0.364 e. The number of nitrogens with zero attached hydrogens (tertiary/aromatic N) is 2. The zero-order chi connectivity index (χ0) is 17.8. The summed E-state index contributed by atoms with van der Waals surface area (Å²) in [6.07, 6.45) is 3.25. The molecule has 1 saturated carbocycles. The third-order valence-electron chi connectivity index (χ3n) is 4.39. The minimum Gasteiger partial charge on any atom is -0.364 e. The van der Waals surface area contributed by atoms with Crippen molar-refractivity contribution in [2.24, 2.45) is 0 Å². The standard InChI is InChI=1S/C18H20F2N4O/c1-11-9-22-16(10-21-11)23-14-7-4-8-15(14)24-18(25)13-6-3-2-5-12(13)17(19)20/h2-3,5-6,9-10,14-15,17H,4,7-8H2,1H3,(H,22,23)(H,24,25)/t14-,15-/m0/s1. The molecular weight excluding hydrogens is 326 g/mol. The molecule has 2 N–H and O–H groups in total. The second-order valence-corrected chi connectivity index (χ2v) is 6.19. The minimum absolute atomic E-state index is 0.000307. The second kappa shape index (κ2) is 7.55. The fourth-order valence-corrected chi connectivity index (χ4v) is 3.10. The Morgan fingerprint density at radius 2 is 1.92 bits per heavy atom. The van der Waals surface area contributed by atoms with E-state index in [0.29, 0.717) is 5.82 Å². The Balaban J connectivity index is 1.69. The number of rotatable bonds is 5. The number of aryl methyl sites for hydroxylation is 1. The Labute approximate surface area is 144 Å². The minimum atomic E-state index is -2.68. The molecule has 1 amide bonds. The highest BCUT2D eigenvalue weighted by Gasteiger charge is 2.30. The lowest BCUT2D eigenvalue weighted by molar-refractivity contribution is 0.0922. The van der Waals surface area contributed by atoms with Gasteiger partial charge in [0.25, 0.3) is 12.3 Å². The van der Waals surface area contributed by atoms with Crippen molar-refractivity contribution in [3.05, 3.63) is 53.5 Å². The molecule has 0 saturated heterocycles. The maximum atomic E-state index is 13.1. The van der Waals surface area contributed by atoms with Gasteiger partial charge in [0.1, 0.15) is 5.82 Å². The number of hydrogen-bond acceptors (Lipinski definition) is 4. The van der Waals surface area contributed by atoms with Crippen LogP contribution in [0.15, 0.2) is 36.7 Å². The van der Waals surface area contributed by atoms with Crippen LogP contribution in [0.2, 0.25) is 0 Å². The molecule has 0 radical (unpaired) electrons. The summed E-state index contributed by atoms with van der Waals surface area (Å²) in [5.41, 5.74) is 0.607. The highest BCUT2D eigenvalue weighted by Crippen LogP contribution is 2.25. The summed E-state index contributed by atoms with van der Waals surface area (Å²) in [6.45, 7) is 1.86. The summed E-state index contributed by atoms with van der Waals surface area (Å²) >= 11 is 0. The molecule has 0 aliphatic heterocycles. The van der Waals surface area contributed by atoms with Crippen molar-refractivity contribution in [1.29, 1.82) is 0 Å². The first-order valence-corrected chi connectivity index (χ1v) is 8.27. The molecule has 1 aliphatic carbocycles. The van der Waals surface area contributed by atoms with Crippen molar-refractivity contribution in [3.8, 4) is 0 Å². The normalized spacial score (nSPS) is 19.8. The average molecular weight is 346 g/mol. The molecule has 1 heterocycles. The predicted molar refractivity (Wildman–Crippen MR) is 90.7 cm³/mol. The first-order valence-electron chi connectivity index (χ1n) is 8.27. The van der Waals surface area contributed by atoms with Gasteiger partial charge < -0.3 is 10.6 Å². The maximum absolute atomic E-state index is 13.1. The Morgan fingerprint density at radius 1 is 1.16 bits per heavy atom. The van der Waals surface area contributed by atoms with E-state index in [-0.39, 0.29) is 23.2 Å². The molecule has 0 unspecified atom stereocenters. The summed E-state index contributed by atoms with van der Waals surface area (Å²) < 4.78 is 26.2. The van der Waals surface area contributed by atoms with Gasteiger partial charge in [0.05, 0.1) is 18.1 Å². The number of halogens is 2. The third kappa shape index (κ3) is 4.10. The molecule has 25 heavy (non-hydrogen) atoms. The van der Waals surface area contributed by atoms with Crippen LogP contribution < -0.4 is 10.6 Å². The molecule has 2 aromatic rings. The molecule has 1 aliphatic rings. The smallest absolute Gasteiger partial charge is 0.264 e. The van der Waals surface area contributed by atoms with Crippen LogP contribution in [0, 0.1) is 6.92 Å². The molecule has 2 atom stereocenters. The summed E-state index contributed by atoms with van der Waals surface area (Å²) in [5.74, 6) is 0.175. The maximum Gasteiger partial charge on any atom is 0.264 e. The van der Waals surface area contributed by atoms with Crippen molar-refractivity contribution in [3.63, 3.8) is 0 Å². The molecule has 132 valence electrons. The van der Waals surface area contributed by atoms with E-state index in [9.17, 15) is 13.6 Å². The Kier molecular flexibility index (Phi) is 5.21. The number of aromatic nitrogens is 2. The van der Waals surface area contributed by atoms with E-state index >= 15 is 0 Å². The SMILES string of the molecule is Cc1cnc(N[C@H]2CCC[C@@H]2NC(=O)c2ccccc2C(F)F)cn1. The third-order valence-corrected chi connectivity index (χ3v) is 4.39. The van der Waals surface area contributed by atoms with E-state index in [1.807, 2.05) is 6.92 Å². The molecule has 5 nitrogen and oxygen atoms in total. The van der Waals surface area contributed by atoms with Crippen molar-refractivity contribution in [2.75, 3.05) is 5.32 Å². The van der Waals surface area contributed by atoms with Gasteiger partial charge in [-0.1, -0.05) is 18.2 Å². The first kappa shape index (κ1) is 17.3. The number of anilines is 1. The number of nitrogens with one attached hydrogen (secondary N) is 2. The van der Waals surface area contributed by atoms with Gasteiger partial charge in [0.2, 0.25) is 0 Å². The van der Waals surface area contributed by atoms with Gasteiger partial charge in [-0.15, -0.1) is 0 Å². The molecule has 1 aromatic carbocycles. The van der Waals surface area contributed by atoms with Crippen molar-refractivity contribution < 1.29 is 13.6 Å². The Morgan fingerprint density at radius 3 is 2.64 bits per heavy atom. The fourth-order valence-electron chi connectivity index (χ4n) is 3.10. The average Bonchev–Trinajstić information content (AvgIpc) is 3.03. The van der Waals surface area contributed by atoms with Gasteiger partial charge >= 0.3 is 0 Å². The van der Waals surface area contributed by atoms with Crippen LogP contribution in [0.3, 0.4) is 0 Å². The van der Waals surface area contributed by atoms with Gasteiger partial charge in [-0.25, -0.2) is 13.8 Å². The highest BCUT2D eigenvalue weighted by atomic mass is 19.3. The number of hydrogen-bond donors (Lipinski definition) is 2. The number of alkyl halides is 2. The molecule has 0 bridgehead atoms. The Bertz CT molecular complexity index is 736. The van der Waals surface area contributed by atoms with Crippen molar-refractivity contribution in [2.45, 2.75) is 44.7 Å². The summed E-state index contributed by atoms with van der Waals surface area (Å²) in [5, 5.41) is 6.17. The number of carbonyl (C=O) groups excluding carboxylic acids is 1. The van der Waals surface area contributed by atoms with Gasteiger partial charge in [-0.05, 0) is 32.3 Å². The summed E-state index contributed by atoms with van der Waals surface area (Å²) in [7, 11) is 0. The second-order valence-electron chi connectivity index (χ2n) is 6.19. The van der Waals surface area contributed by atoms with Crippen LogP contribution in [0.1, 0.15) is 47.3 Å². The van der Waals surface area contributed by atoms with Gasteiger partial charge in [0, 0.05) is 23.2 Å². The molecule has 3 rings (SSSR count). The van der Waals surface area contributed by atoms with Crippen LogP contribution in [0.25, 0.3) is 0 Å². The topological polar surface area (TPSA) is 66.9 Å². The highest BCUT2D eigenvalue weighted by molar-refractivity contribution is 5.96. The molecular formula is C18H20F2N4O. The monoisotopic (exact) mass is 346 g/mol. The van der Waals surface area contributed by atoms with E-state index in [4.69, 9.17) is 0 Å². The van der Waals surface area contributed by atoms with E-state index in [2.05, 4.69) is 20.6 Å². The summed E-state index contributed by atoms with van der Waals surface area (Å²) in [4.78, 5) is 20.9. The van der Waals surface area contributed by atoms with E-state index < -0.39 is 12.3 Å². The van der Waals surface area contributed by atoms with Crippen LogP contribution >= 0.6 is 0 Å². The molecule has 1 aromatic heterocycles. The van der Waals surface area contributed by atoms with Crippen LogP contribution in [-0.2, 0) is 0 Å².